The van der Waals surface area contributed by atoms with Crippen LogP contribution in [0.25, 0.3) is 0 Å². The summed E-state index contributed by atoms with van der Waals surface area (Å²) in [4.78, 5) is 11.7. The standard InChI is InChI=1S/C11H17F5O2S/c1-4-6-9(3,5-2)8(17)18-7(10(12,13)14)11(15,16)19/h7,19H,4-6H2,1-3H3. The Bertz CT molecular complexity index is 299. The number of carbonyl (C=O) groups excluding carboxylic acids is 1. The molecule has 0 fully saturated rings. The van der Waals surface area contributed by atoms with Crippen LogP contribution in [-0.4, -0.2) is 23.5 Å². The first-order chi connectivity index (χ1) is 8.38. The van der Waals surface area contributed by atoms with Crippen molar-refractivity contribution in [1.29, 1.82) is 0 Å². The minimum Gasteiger partial charge on any atom is -0.445 e. The van der Waals surface area contributed by atoms with Gasteiger partial charge in [-0.15, -0.1) is 12.6 Å². The van der Waals surface area contributed by atoms with E-state index in [2.05, 4.69) is 17.4 Å². The second kappa shape index (κ2) is 6.28. The molecule has 0 saturated carbocycles. The van der Waals surface area contributed by atoms with E-state index in [0.717, 1.165) is 0 Å². The van der Waals surface area contributed by atoms with Gasteiger partial charge in [-0.25, -0.2) is 0 Å². The summed E-state index contributed by atoms with van der Waals surface area (Å²) in [5, 5.41) is -4.48. The monoisotopic (exact) mass is 308 g/mol. The van der Waals surface area contributed by atoms with E-state index in [-0.39, 0.29) is 12.8 Å². The van der Waals surface area contributed by atoms with Gasteiger partial charge in [0.2, 0.25) is 0 Å². The number of ether oxygens (including phenoxy) is 1. The summed E-state index contributed by atoms with van der Waals surface area (Å²) in [6.45, 7) is 4.71. The van der Waals surface area contributed by atoms with Crippen LogP contribution in [0.15, 0.2) is 0 Å². The predicted molar refractivity (Wildman–Crippen MR) is 63.2 cm³/mol. The Balaban J connectivity index is 5.12. The Morgan fingerprint density at radius 2 is 1.68 bits per heavy atom. The summed E-state index contributed by atoms with van der Waals surface area (Å²) in [6, 6.07) is 0. The van der Waals surface area contributed by atoms with E-state index in [0.29, 0.717) is 6.42 Å². The molecule has 0 aliphatic carbocycles. The minimum atomic E-state index is -5.37. The molecule has 2 atom stereocenters. The average molecular weight is 308 g/mol. The van der Waals surface area contributed by atoms with Crippen LogP contribution in [0.2, 0.25) is 0 Å². The van der Waals surface area contributed by atoms with Crippen molar-refractivity contribution in [3.63, 3.8) is 0 Å². The third-order valence-corrected chi connectivity index (χ3v) is 3.15. The molecule has 0 aromatic carbocycles. The molecule has 114 valence electrons. The SMILES string of the molecule is CCCC(C)(CC)C(=O)OC(C(F)(F)F)C(F)(F)S. The van der Waals surface area contributed by atoms with Crippen LogP contribution < -0.4 is 0 Å². The van der Waals surface area contributed by atoms with Crippen LogP contribution in [0.5, 0.6) is 0 Å². The highest BCUT2D eigenvalue weighted by molar-refractivity contribution is 7.81. The summed E-state index contributed by atoms with van der Waals surface area (Å²) in [7, 11) is 0. The van der Waals surface area contributed by atoms with Crippen LogP contribution in [0.4, 0.5) is 22.0 Å². The second-order valence-corrected chi connectivity index (χ2v) is 5.18. The predicted octanol–water partition coefficient (Wildman–Crippen LogP) is 4.20. The van der Waals surface area contributed by atoms with Crippen molar-refractivity contribution in [2.75, 3.05) is 0 Å². The van der Waals surface area contributed by atoms with Crippen molar-refractivity contribution in [3.8, 4) is 0 Å². The molecule has 0 heterocycles. The number of thiol groups is 1. The summed E-state index contributed by atoms with van der Waals surface area (Å²) in [5.41, 5.74) is -1.21. The van der Waals surface area contributed by atoms with Crippen LogP contribution in [0.3, 0.4) is 0 Å². The lowest BCUT2D eigenvalue weighted by Crippen LogP contribution is -2.47. The van der Waals surface area contributed by atoms with Gasteiger partial charge in [0.05, 0.1) is 5.41 Å². The van der Waals surface area contributed by atoms with Gasteiger partial charge in [0, 0.05) is 0 Å². The maximum Gasteiger partial charge on any atom is 0.432 e. The Morgan fingerprint density at radius 3 is 1.95 bits per heavy atom. The summed E-state index contributed by atoms with van der Waals surface area (Å²) in [5.74, 6) is -1.28. The van der Waals surface area contributed by atoms with Gasteiger partial charge in [-0.2, -0.15) is 22.0 Å². The maximum atomic E-state index is 12.8. The largest absolute Gasteiger partial charge is 0.445 e. The van der Waals surface area contributed by atoms with Crippen molar-refractivity contribution in [2.45, 2.75) is 57.6 Å². The van der Waals surface area contributed by atoms with Crippen LogP contribution in [-0.2, 0) is 9.53 Å². The number of hydrogen-bond acceptors (Lipinski definition) is 3. The molecule has 19 heavy (non-hydrogen) atoms. The third-order valence-electron chi connectivity index (χ3n) is 2.91. The van der Waals surface area contributed by atoms with Gasteiger partial charge in [0.25, 0.3) is 6.10 Å². The van der Waals surface area contributed by atoms with Gasteiger partial charge in [0.1, 0.15) is 0 Å². The number of rotatable bonds is 6. The normalized spacial score (nSPS) is 17.7. The first-order valence-corrected chi connectivity index (χ1v) is 6.21. The first kappa shape index (κ1) is 18.5. The maximum absolute atomic E-state index is 12.8. The Morgan fingerprint density at radius 1 is 1.21 bits per heavy atom. The molecule has 0 bridgehead atoms. The van der Waals surface area contributed by atoms with E-state index in [4.69, 9.17) is 0 Å². The van der Waals surface area contributed by atoms with Gasteiger partial charge in [-0.1, -0.05) is 20.3 Å². The van der Waals surface area contributed by atoms with Gasteiger partial charge >= 0.3 is 17.4 Å². The molecule has 0 aliphatic rings. The smallest absolute Gasteiger partial charge is 0.432 e. The van der Waals surface area contributed by atoms with Gasteiger partial charge in [0.15, 0.2) is 0 Å². The molecule has 0 spiro atoms. The lowest BCUT2D eigenvalue weighted by atomic mass is 9.83. The summed E-state index contributed by atoms with van der Waals surface area (Å²) in [6.07, 6.45) is -7.94. The Kier molecular flexibility index (Phi) is 6.10. The fraction of sp³-hybridized carbons (Fsp3) is 0.909. The van der Waals surface area contributed by atoms with E-state index < -0.39 is 28.9 Å². The average Bonchev–Trinajstić information content (AvgIpc) is 2.22. The molecular formula is C11H17F5O2S. The van der Waals surface area contributed by atoms with Crippen molar-refractivity contribution < 1.29 is 31.5 Å². The Hall–Kier alpha value is -0.530. The Labute approximate surface area is 114 Å². The second-order valence-electron chi connectivity index (χ2n) is 4.58. The fourth-order valence-electron chi connectivity index (χ4n) is 1.56. The van der Waals surface area contributed by atoms with E-state index in [1.54, 1.807) is 13.8 Å². The highest BCUT2D eigenvalue weighted by Crippen LogP contribution is 2.39. The lowest BCUT2D eigenvalue weighted by molar-refractivity contribution is -0.260. The molecule has 0 rings (SSSR count). The molecule has 0 aromatic rings. The molecule has 0 saturated heterocycles. The molecule has 2 unspecified atom stereocenters. The van der Waals surface area contributed by atoms with Gasteiger partial charge in [-0.05, 0) is 19.8 Å². The lowest BCUT2D eigenvalue weighted by Gasteiger charge is -2.31. The molecular weight excluding hydrogens is 291 g/mol. The van der Waals surface area contributed by atoms with E-state index in [1.807, 2.05) is 0 Å². The van der Waals surface area contributed by atoms with Crippen molar-refractivity contribution >= 4 is 18.6 Å². The zero-order valence-electron chi connectivity index (χ0n) is 10.9. The number of hydrogen-bond donors (Lipinski definition) is 1. The van der Waals surface area contributed by atoms with Crippen molar-refractivity contribution in [2.24, 2.45) is 5.41 Å². The molecule has 0 aromatic heterocycles. The zero-order valence-corrected chi connectivity index (χ0v) is 11.7. The molecule has 0 aliphatic heterocycles. The molecule has 0 radical (unpaired) electrons. The van der Waals surface area contributed by atoms with E-state index in [9.17, 15) is 26.7 Å². The quantitative estimate of drug-likeness (QED) is 0.452. The van der Waals surface area contributed by atoms with Crippen LogP contribution >= 0.6 is 12.6 Å². The number of halogens is 5. The van der Waals surface area contributed by atoms with Gasteiger partial charge in [-0.3, -0.25) is 4.79 Å². The van der Waals surface area contributed by atoms with Crippen LogP contribution in [0, 0.1) is 5.41 Å². The number of esters is 1. The fourth-order valence-corrected chi connectivity index (χ4v) is 1.76. The molecule has 0 N–H and O–H groups in total. The topological polar surface area (TPSA) is 26.3 Å². The molecule has 0 amide bonds. The summed E-state index contributed by atoms with van der Waals surface area (Å²) >= 11 is 2.56. The molecule has 8 heteroatoms. The number of carbonyl (C=O) groups is 1. The summed E-state index contributed by atoms with van der Waals surface area (Å²) < 4.78 is 66.9. The third kappa shape index (κ3) is 5.16. The van der Waals surface area contributed by atoms with Gasteiger partial charge < -0.3 is 4.74 Å². The molecule has 2 nitrogen and oxygen atoms in total. The van der Waals surface area contributed by atoms with Crippen molar-refractivity contribution in [3.05, 3.63) is 0 Å². The van der Waals surface area contributed by atoms with Crippen LogP contribution in [0.1, 0.15) is 40.0 Å². The van der Waals surface area contributed by atoms with E-state index in [1.165, 1.54) is 6.92 Å². The first-order valence-electron chi connectivity index (χ1n) is 5.76. The highest BCUT2D eigenvalue weighted by Gasteiger charge is 2.58. The van der Waals surface area contributed by atoms with E-state index >= 15 is 0 Å². The zero-order chi connectivity index (χ0) is 15.5. The minimum absolute atomic E-state index is 0.197. The highest BCUT2D eigenvalue weighted by atomic mass is 32.1. The number of alkyl halides is 5. The van der Waals surface area contributed by atoms with Crippen molar-refractivity contribution in [1.82, 2.24) is 0 Å².